The lowest BCUT2D eigenvalue weighted by atomic mass is 10.2. The van der Waals surface area contributed by atoms with Crippen molar-refractivity contribution in [3.8, 4) is 11.5 Å². The molecule has 0 spiro atoms. The van der Waals surface area contributed by atoms with E-state index in [-0.39, 0.29) is 33.0 Å². The fourth-order valence-corrected chi connectivity index (χ4v) is 5.52. The number of hydrogen-bond donors (Lipinski definition) is 2. The number of sulfonamides is 2. The summed E-state index contributed by atoms with van der Waals surface area (Å²) in [5.74, 6) is -0.556. The smallest absolute Gasteiger partial charge is 0.330 e. The first-order chi connectivity index (χ1) is 15.6. The largest absolute Gasteiger partial charge is 0.493 e. The minimum atomic E-state index is -4.25. The molecule has 0 unspecified atom stereocenters. The number of carbonyl (C=O) groups excluding carboxylic acids is 1. The fourth-order valence-electron chi connectivity index (χ4n) is 2.90. The highest BCUT2D eigenvalue weighted by Gasteiger charge is 2.29. The maximum atomic E-state index is 13.2. The molecule has 0 atom stereocenters. The van der Waals surface area contributed by atoms with E-state index in [1.54, 1.807) is 0 Å². The normalized spacial score (nSPS) is 14.2. The first-order valence-electron chi connectivity index (χ1n) is 9.77. The summed E-state index contributed by atoms with van der Waals surface area (Å²) < 4.78 is 71.4. The average molecular weight is 497 g/mol. The molecule has 2 N–H and O–H groups in total. The summed E-state index contributed by atoms with van der Waals surface area (Å²) in [4.78, 5) is 11.1. The van der Waals surface area contributed by atoms with E-state index in [2.05, 4.69) is 14.2 Å². The molecule has 178 valence electrons. The molecule has 12 heteroatoms. The monoisotopic (exact) mass is 496 g/mol. The van der Waals surface area contributed by atoms with E-state index in [0.717, 1.165) is 18.9 Å². The summed E-state index contributed by atoms with van der Waals surface area (Å²) in [5, 5.41) is 0. The molecule has 2 aromatic carbocycles. The predicted octanol–water partition coefficient (Wildman–Crippen LogP) is 2.13. The van der Waals surface area contributed by atoms with E-state index in [1.165, 1.54) is 63.8 Å². The van der Waals surface area contributed by atoms with Gasteiger partial charge in [0.25, 0.3) is 10.0 Å². The third-order valence-electron chi connectivity index (χ3n) is 4.67. The van der Waals surface area contributed by atoms with Crippen LogP contribution in [-0.4, -0.2) is 50.2 Å². The Morgan fingerprint density at radius 1 is 1.00 bits per heavy atom. The Morgan fingerprint density at radius 2 is 1.73 bits per heavy atom. The van der Waals surface area contributed by atoms with Crippen LogP contribution in [0.1, 0.15) is 18.4 Å². The quantitative estimate of drug-likeness (QED) is 0.377. The van der Waals surface area contributed by atoms with E-state index in [4.69, 9.17) is 9.47 Å². The lowest BCUT2D eigenvalue weighted by Crippen LogP contribution is -2.25. The second kappa shape index (κ2) is 9.81. The number of hydrogen-bond acceptors (Lipinski definition) is 8. The minimum Gasteiger partial charge on any atom is -0.493 e. The maximum Gasteiger partial charge on any atom is 0.330 e. The van der Waals surface area contributed by atoms with Crippen molar-refractivity contribution in [2.24, 2.45) is 0 Å². The van der Waals surface area contributed by atoms with Gasteiger partial charge in [0.05, 0.1) is 31.9 Å². The van der Waals surface area contributed by atoms with E-state index >= 15 is 0 Å². The molecule has 0 aliphatic heterocycles. The number of benzene rings is 2. The van der Waals surface area contributed by atoms with Gasteiger partial charge in [0.2, 0.25) is 10.0 Å². The molecule has 0 heterocycles. The van der Waals surface area contributed by atoms with Crippen LogP contribution in [0.4, 0.5) is 5.69 Å². The van der Waals surface area contributed by atoms with Gasteiger partial charge in [0.15, 0.2) is 11.5 Å². The lowest BCUT2D eigenvalue weighted by molar-refractivity contribution is -0.134. The van der Waals surface area contributed by atoms with Crippen LogP contribution in [0, 0.1) is 0 Å². The van der Waals surface area contributed by atoms with Crippen molar-refractivity contribution in [1.82, 2.24) is 4.72 Å². The van der Waals surface area contributed by atoms with E-state index in [1.807, 2.05) is 0 Å². The second-order valence-corrected chi connectivity index (χ2v) is 10.5. The van der Waals surface area contributed by atoms with Gasteiger partial charge in [0, 0.05) is 12.1 Å². The Balaban J connectivity index is 1.99. The molecule has 10 nitrogen and oxygen atoms in total. The predicted molar refractivity (Wildman–Crippen MR) is 121 cm³/mol. The van der Waals surface area contributed by atoms with Crippen LogP contribution in [-0.2, 0) is 29.6 Å². The highest BCUT2D eigenvalue weighted by atomic mass is 32.2. The van der Waals surface area contributed by atoms with Crippen LogP contribution in [0.15, 0.2) is 52.3 Å². The summed E-state index contributed by atoms with van der Waals surface area (Å²) in [6, 6.07) is 8.17. The number of anilines is 1. The molecule has 0 amide bonds. The first kappa shape index (κ1) is 24.6. The van der Waals surface area contributed by atoms with Gasteiger partial charge in [-0.3, -0.25) is 4.72 Å². The zero-order valence-electron chi connectivity index (χ0n) is 18.2. The molecule has 1 aliphatic carbocycles. The number of rotatable bonds is 10. The van der Waals surface area contributed by atoms with Gasteiger partial charge in [-0.1, -0.05) is 6.07 Å². The Morgan fingerprint density at radius 3 is 2.33 bits per heavy atom. The third-order valence-corrected chi connectivity index (χ3v) is 7.57. The maximum absolute atomic E-state index is 13.2. The molecule has 1 fully saturated rings. The number of esters is 1. The Kier molecular flexibility index (Phi) is 7.30. The van der Waals surface area contributed by atoms with E-state index in [9.17, 15) is 21.6 Å². The molecular weight excluding hydrogens is 472 g/mol. The number of carbonyl (C=O) groups is 1. The number of ether oxygens (including phenoxy) is 3. The van der Waals surface area contributed by atoms with Crippen LogP contribution >= 0.6 is 0 Å². The van der Waals surface area contributed by atoms with Gasteiger partial charge in [-0.25, -0.2) is 26.4 Å². The second-order valence-electron chi connectivity index (χ2n) is 7.14. The molecular formula is C21H24N2O8S2. The molecule has 33 heavy (non-hydrogen) atoms. The van der Waals surface area contributed by atoms with Gasteiger partial charge in [-0.05, 0) is 54.8 Å². The highest BCUT2D eigenvalue weighted by Crippen LogP contribution is 2.37. The van der Waals surface area contributed by atoms with Crippen molar-refractivity contribution in [2.45, 2.75) is 28.7 Å². The van der Waals surface area contributed by atoms with Crippen LogP contribution in [0.25, 0.3) is 6.08 Å². The highest BCUT2D eigenvalue weighted by molar-refractivity contribution is 7.93. The van der Waals surface area contributed by atoms with Crippen LogP contribution < -0.4 is 18.9 Å². The van der Waals surface area contributed by atoms with Crippen LogP contribution in [0.2, 0.25) is 0 Å². The van der Waals surface area contributed by atoms with Crippen LogP contribution in [0.5, 0.6) is 11.5 Å². The molecule has 1 aliphatic rings. The van der Waals surface area contributed by atoms with E-state index in [0.29, 0.717) is 5.56 Å². The van der Waals surface area contributed by atoms with E-state index < -0.39 is 26.0 Å². The fraction of sp³-hybridized carbons (Fsp3) is 0.286. The Labute approximate surface area is 192 Å². The average Bonchev–Trinajstić information content (AvgIpc) is 3.59. The summed E-state index contributed by atoms with van der Waals surface area (Å²) in [7, 11) is -4.17. The Bertz CT molecular complexity index is 1280. The van der Waals surface area contributed by atoms with Crippen LogP contribution in [0.3, 0.4) is 0 Å². The van der Waals surface area contributed by atoms with Crippen molar-refractivity contribution in [3.05, 3.63) is 48.0 Å². The van der Waals surface area contributed by atoms with Gasteiger partial charge in [0.1, 0.15) is 4.90 Å². The first-order valence-corrected chi connectivity index (χ1v) is 12.7. The zero-order chi connectivity index (χ0) is 24.2. The summed E-state index contributed by atoms with van der Waals surface area (Å²) in [6.45, 7) is 0. The molecule has 0 bridgehead atoms. The van der Waals surface area contributed by atoms with Crippen molar-refractivity contribution >= 4 is 37.8 Å². The standard InChI is InChI=1S/C21H24N2O8S2/c1-29-18-11-14(7-10-20(24)30-2)12-19(21(18)31-3)33(27,28)23-16-5-4-6-17(13-16)32(25,26)22-15-8-9-15/h4-7,10-13,15,22-23H,8-9H2,1-3H3/b10-7+. The van der Waals surface area contributed by atoms with Crippen molar-refractivity contribution in [1.29, 1.82) is 0 Å². The molecule has 0 saturated heterocycles. The van der Waals surface area contributed by atoms with Crippen molar-refractivity contribution in [2.75, 3.05) is 26.1 Å². The number of nitrogens with one attached hydrogen (secondary N) is 2. The third kappa shape index (κ3) is 6.03. The Hall–Kier alpha value is -3.09. The van der Waals surface area contributed by atoms with Crippen molar-refractivity contribution < 1.29 is 35.8 Å². The molecule has 2 aromatic rings. The van der Waals surface area contributed by atoms with Gasteiger partial charge < -0.3 is 14.2 Å². The molecule has 1 saturated carbocycles. The van der Waals surface area contributed by atoms with Gasteiger partial charge in [-0.15, -0.1) is 0 Å². The molecule has 0 radical (unpaired) electrons. The van der Waals surface area contributed by atoms with Gasteiger partial charge in [-0.2, -0.15) is 0 Å². The lowest BCUT2D eigenvalue weighted by Gasteiger charge is -2.16. The SMILES string of the molecule is COC(=O)/C=C/c1cc(OC)c(OC)c(S(=O)(=O)Nc2cccc(S(=O)(=O)NC3CC3)c2)c1. The number of methoxy groups -OCH3 is 3. The summed E-state index contributed by atoms with van der Waals surface area (Å²) in [6.07, 6.45) is 4.04. The van der Waals surface area contributed by atoms with Crippen molar-refractivity contribution in [3.63, 3.8) is 0 Å². The molecule has 0 aromatic heterocycles. The topological polar surface area (TPSA) is 137 Å². The van der Waals surface area contributed by atoms with Gasteiger partial charge >= 0.3 is 5.97 Å². The zero-order valence-corrected chi connectivity index (χ0v) is 19.8. The summed E-state index contributed by atoms with van der Waals surface area (Å²) in [5.41, 5.74) is 0.383. The summed E-state index contributed by atoms with van der Waals surface area (Å²) >= 11 is 0. The minimum absolute atomic E-state index is 0.0465. The molecule has 3 rings (SSSR count).